The molecule has 1 unspecified atom stereocenters. The number of hydrogen-bond acceptors (Lipinski definition) is 3. The van der Waals surface area contributed by atoms with E-state index in [9.17, 15) is 4.79 Å². The number of rotatable bonds is 3. The maximum atomic E-state index is 10.5. The molecular formula is C9H16O3. The second-order valence-corrected chi connectivity index (χ2v) is 3.22. The maximum absolute atomic E-state index is 10.5. The third kappa shape index (κ3) is 3.22. The highest BCUT2D eigenvalue weighted by molar-refractivity contribution is 5.65. The van der Waals surface area contributed by atoms with E-state index in [1.54, 1.807) is 6.92 Å². The average Bonchev–Trinajstić information content (AvgIpc) is 2.37. The Hall–Kier alpha value is -0.570. The summed E-state index contributed by atoms with van der Waals surface area (Å²) in [6.45, 7) is 3.16. The Balaban J connectivity index is 2.16. The van der Waals surface area contributed by atoms with Crippen LogP contribution in [-0.4, -0.2) is 18.4 Å². The van der Waals surface area contributed by atoms with E-state index in [4.69, 9.17) is 9.47 Å². The number of hydrogen-bond donors (Lipinski definition) is 0. The molecule has 0 amide bonds. The standard InChI is InChI=1S/C9H16O3/c1-7(10)11-8(2)12-9-5-3-4-6-9/h8-9H,3-6H2,1-2H3. The van der Waals surface area contributed by atoms with Gasteiger partial charge in [0.1, 0.15) is 0 Å². The third-order valence-corrected chi connectivity index (χ3v) is 2.02. The highest BCUT2D eigenvalue weighted by Crippen LogP contribution is 2.22. The Bertz CT molecular complexity index is 150. The lowest BCUT2D eigenvalue weighted by atomic mass is 10.3. The molecule has 0 bridgehead atoms. The molecule has 0 radical (unpaired) electrons. The molecule has 1 saturated carbocycles. The first kappa shape index (κ1) is 9.52. The summed E-state index contributed by atoms with van der Waals surface area (Å²) in [5, 5.41) is 0. The molecule has 1 aliphatic carbocycles. The molecule has 0 aliphatic heterocycles. The molecule has 1 aliphatic rings. The van der Waals surface area contributed by atoms with E-state index in [0.29, 0.717) is 6.10 Å². The van der Waals surface area contributed by atoms with E-state index in [1.807, 2.05) is 0 Å². The highest BCUT2D eigenvalue weighted by atomic mass is 16.7. The molecule has 0 aromatic rings. The van der Waals surface area contributed by atoms with Gasteiger partial charge in [0.05, 0.1) is 6.10 Å². The van der Waals surface area contributed by atoms with Crippen molar-refractivity contribution in [3.63, 3.8) is 0 Å². The van der Waals surface area contributed by atoms with Gasteiger partial charge in [0, 0.05) is 6.92 Å². The predicted molar refractivity (Wildman–Crippen MR) is 44.6 cm³/mol. The highest BCUT2D eigenvalue weighted by Gasteiger charge is 2.18. The second-order valence-electron chi connectivity index (χ2n) is 3.22. The zero-order chi connectivity index (χ0) is 8.97. The van der Waals surface area contributed by atoms with Crippen LogP contribution >= 0.6 is 0 Å². The molecule has 0 N–H and O–H groups in total. The molecule has 0 saturated heterocycles. The zero-order valence-corrected chi connectivity index (χ0v) is 7.71. The number of ether oxygens (including phenoxy) is 2. The first-order valence-corrected chi connectivity index (χ1v) is 4.51. The van der Waals surface area contributed by atoms with E-state index in [1.165, 1.54) is 19.8 Å². The Morgan fingerprint density at radius 1 is 1.42 bits per heavy atom. The zero-order valence-electron chi connectivity index (χ0n) is 7.71. The lowest BCUT2D eigenvalue weighted by Crippen LogP contribution is -2.21. The van der Waals surface area contributed by atoms with Crippen LogP contribution in [0.4, 0.5) is 0 Å². The van der Waals surface area contributed by atoms with E-state index in [-0.39, 0.29) is 12.3 Å². The molecule has 70 valence electrons. The molecule has 3 heteroatoms. The smallest absolute Gasteiger partial charge is 0.304 e. The fraction of sp³-hybridized carbons (Fsp3) is 0.889. The number of carbonyl (C=O) groups excluding carboxylic acids is 1. The fourth-order valence-corrected chi connectivity index (χ4v) is 1.56. The predicted octanol–water partition coefficient (Wildman–Crippen LogP) is 1.85. The normalized spacial score (nSPS) is 20.8. The average molecular weight is 172 g/mol. The van der Waals surface area contributed by atoms with Gasteiger partial charge < -0.3 is 9.47 Å². The summed E-state index contributed by atoms with van der Waals surface area (Å²) in [6, 6.07) is 0. The van der Waals surface area contributed by atoms with Crippen molar-refractivity contribution in [3.8, 4) is 0 Å². The minimum atomic E-state index is -0.384. The first-order valence-electron chi connectivity index (χ1n) is 4.51. The van der Waals surface area contributed by atoms with Gasteiger partial charge in [-0.2, -0.15) is 0 Å². The van der Waals surface area contributed by atoms with Crippen molar-refractivity contribution >= 4 is 5.97 Å². The summed E-state index contributed by atoms with van der Waals surface area (Å²) in [7, 11) is 0. The third-order valence-electron chi connectivity index (χ3n) is 2.02. The summed E-state index contributed by atoms with van der Waals surface area (Å²) in [6.07, 6.45) is 4.59. The van der Waals surface area contributed by atoms with Crippen LogP contribution in [0.15, 0.2) is 0 Å². The second kappa shape index (κ2) is 4.45. The van der Waals surface area contributed by atoms with Gasteiger partial charge in [0.15, 0.2) is 6.29 Å². The monoisotopic (exact) mass is 172 g/mol. The Kier molecular flexibility index (Phi) is 3.53. The Morgan fingerprint density at radius 3 is 2.50 bits per heavy atom. The summed E-state index contributed by atoms with van der Waals surface area (Å²) in [5.41, 5.74) is 0. The van der Waals surface area contributed by atoms with Crippen molar-refractivity contribution in [1.82, 2.24) is 0 Å². The molecule has 0 aromatic heterocycles. The molecule has 1 fully saturated rings. The van der Waals surface area contributed by atoms with E-state index < -0.39 is 0 Å². The Morgan fingerprint density at radius 2 is 2.00 bits per heavy atom. The molecule has 1 rings (SSSR count). The lowest BCUT2D eigenvalue weighted by Gasteiger charge is -2.17. The van der Waals surface area contributed by atoms with E-state index >= 15 is 0 Å². The van der Waals surface area contributed by atoms with Crippen LogP contribution in [0.3, 0.4) is 0 Å². The van der Waals surface area contributed by atoms with Crippen LogP contribution in [0.2, 0.25) is 0 Å². The minimum Gasteiger partial charge on any atom is -0.436 e. The van der Waals surface area contributed by atoms with Crippen molar-refractivity contribution in [2.24, 2.45) is 0 Å². The van der Waals surface area contributed by atoms with Gasteiger partial charge in [0.25, 0.3) is 0 Å². The summed E-state index contributed by atoms with van der Waals surface area (Å²) in [4.78, 5) is 10.5. The van der Waals surface area contributed by atoms with Gasteiger partial charge >= 0.3 is 5.97 Å². The SMILES string of the molecule is CC(=O)OC(C)OC1CCCC1. The molecule has 1 atom stereocenters. The van der Waals surface area contributed by atoms with E-state index in [2.05, 4.69) is 0 Å². The quantitative estimate of drug-likeness (QED) is 0.481. The van der Waals surface area contributed by atoms with Crippen LogP contribution in [0, 0.1) is 0 Å². The van der Waals surface area contributed by atoms with Crippen molar-refractivity contribution in [2.45, 2.75) is 51.9 Å². The molecular weight excluding hydrogens is 156 g/mol. The fourth-order valence-electron chi connectivity index (χ4n) is 1.56. The summed E-state index contributed by atoms with van der Waals surface area (Å²) >= 11 is 0. The van der Waals surface area contributed by atoms with Crippen molar-refractivity contribution < 1.29 is 14.3 Å². The molecule has 0 heterocycles. The van der Waals surface area contributed by atoms with Gasteiger partial charge in [-0.25, -0.2) is 0 Å². The lowest BCUT2D eigenvalue weighted by molar-refractivity contribution is -0.181. The topological polar surface area (TPSA) is 35.5 Å². The van der Waals surface area contributed by atoms with Crippen LogP contribution < -0.4 is 0 Å². The van der Waals surface area contributed by atoms with Crippen LogP contribution in [0.25, 0.3) is 0 Å². The molecule has 12 heavy (non-hydrogen) atoms. The van der Waals surface area contributed by atoms with Crippen molar-refractivity contribution in [2.75, 3.05) is 0 Å². The Labute approximate surface area is 73.0 Å². The van der Waals surface area contributed by atoms with Crippen molar-refractivity contribution in [1.29, 1.82) is 0 Å². The number of esters is 1. The summed E-state index contributed by atoms with van der Waals surface area (Å²) in [5.74, 6) is -0.277. The molecule has 0 spiro atoms. The van der Waals surface area contributed by atoms with Gasteiger partial charge in [-0.15, -0.1) is 0 Å². The van der Waals surface area contributed by atoms with Gasteiger partial charge in [-0.1, -0.05) is 12.8 Å². The van der Waals surface area contributed by atoms with Crippen LogP contribution in [0.5, 0.6) is 0 Å². The minimum absolute atomic E-state index is 0.277. The van der Waals surface area contributed by atoms with Gasteiger partial charge in [-0.05, 0) is 19.8 Å². The van der Waals surface area contributed by atoms with Crippen molar-refractivity contribution in [3.05, 3.63) is 0 Å². The maximum Gasteiger partial charge on any atom is 0.304 e. The van der Waals surface area contributed by atoms with Crippen LogP contribution in [-0.2, 0) is 14.3 Å². The van der Waals surface area contributed by atoms with Crippen LogP contribution in [0.1, 0.15) is 39.5 Å². The van der Waals surface area contributed by atoms with E-state index in [0.717, 1.165) is 12.8 Å². The largest absolute Gasteiger partial charge is 0.436 e. The summed E-state index contributed by atoms with van der Waals surface area (Å²) < 4.78 is 10.3. The number of carbonyl (C=O) groups is 1. The van der Waals surface area contributed by atoms with Gasteiger partial charge in [-0.3, -0.25) is 4.79 Å². The first-order chi connectivity index (χ1) is 5.68. The van der Waals surface area contributed by atoms with Gasteiger partial charge in [0.2, 0.25) is 0 Å². The molecule has 3 nitrogen and oxygen atoms in total. The molecule has 0 aromatic carbocycles.